The number of aliphatic hydroxyl groups is 1. The molecule has 0 spiro atoms. The van der Waals surface area contributed by atoms with Crippen molar-refractivity contribution in [3.05, 3.63) is 52.1 Å². The number of benzene rings is 2. The van der Waals surface area contributed by atoms with Crippen molar-refractivity contribution in [2.75, 3.05) is 12.8 Å². The van der Waals surface area contributed by atoms with Crippen molar-refractivity contribution < 1.29 is 19.5 Å². The Balaban J connectivity index is 2.32. The van der Waals surface area contributed by atoms with Gasteiger partial charge >= 0.3 is 0 Å². The summed E-state index contributed by atoms with van der Waals surface area (Å²) in [5.74, 6) is 1.12. The highest BCUT2D eigenvalue weighted by molar-refractivity contribution is 5.60. The molecule has 0 aliphatic carbocycles. The highest BCUT2D eigenvalue weighted by Gasteiger charge is 2.12. The number of anilines is 1. The first-order valence-electron chi connectivity index (χ1n) is 6.04. The highest BCUT2D eigenvalue weighted by Crippen LogP contribution is 2.36. The summed E-state index contributed by atoms with van der Waals surface area (Å²) in [5.41, 5.74) is 6.46. The Morgan fingerprint density at radius 2 is 1.90 bits per heavy atom. The molecule has 110 valence electrons. The van der Waals surface area contributed by atoms with Gasteiger partial charge in [0.15, 0.2) is 17.2 Å². The number of rotatable bonds is 5. The first kappa shape index (κ1) is 14.6. The number of nitrogens with zero attached hydrogens (tertiary/aromatic N) is 1. The number of nitrogens with two attached hydrogens (primary N) is 1. The molecule has 0 aliphatic rings. The van der Waals surface area contributed by atoms with Crippen molar-refractivity contribution in [2.45, 2.75) is 6.61 Å². The number of hydrogen-bond acceptors (Lipinski definition) is 6. The minimum absolute atomic E-state index is 0.109. The number of hydrogen-bond donors (Lipinski definition) is 2. The molecule has 7 heteroatoms. The number of nitro groups is 1. The Hall–Kier alpha value is -2.80. The number of ether oxygens (including phenoxy) is 2. The Kier molecular flexibility index (Phi) is 4.24. The lowest BCUT2D eigenvalue weighted by atomic mass is 10.2. The Bertz CT molecular complexity index is 672. The third kappa shape index (κ3) is 3.21. The zero-order chi connectivity index (χ0) is 15.4. The predicted molar refractivity (Wildman–Crippen MR) is 76.5 cm³/mol. The molecule has 0 aliphatic heterocycles. The van der Waals surface area contributed by atoms with Crippen molar-refractivity contribution >= 4 is 11.4 Å². The van der Waals surface area contributed by atoms with E-state index >= 15 is 0 Å². The first-order valence-corrected chi connectivity index (χ1v) is 6.04. The van der Waals surface area contributed by atoms with Crippen LogP contribution in [0.4, 0.5) is 11.4 Å². The Morgan fingerprint density at radius 3 is 2.48 bits per heavy atom. The van der Waals surface area contributed by atoms with Gasteiger partial charge in [0.25, 0.3) is 5.69 Å². The number of methoxy groups -OCH3 is 1. The van der Waals surface area contributed by atoms with Crippen LogP contribution in [-0.2, 0) is 6.61 Å². The normalized spacial score (nSPS) is 10.2. The quantitative estimate of drug-likeness (QED) is 0.497. The van der Waals surface area contributed by atoms with Gasteiger partial charge in [0.2, 0.25) is 0 Å². The second-order valence-corrected chi connectivity index (χ2v) is 4.22. The second kappa shape index (κ2) is 6.10. The van der Waals surface area contributed by atoms with Crippen LogP contribution in [0.25, 0.3) is 0 Å². The summed E-state index contributed by atoms with van der Waals surface area (Å²) in [5, 5.41) is 19.7. The van der Waals surface area contributed by atoms with Gasteiger partial charge in [-0.3, -0.25) is 10.1 Å². The molecule has 2 aromatic rings. The van der Waals surface area contributed by atoms with E-state index in [4.69, 9.17) is 20.3 Å². The van der Waals surface area contributed by atoms with Crippen LogP contribution in [0, 0.1) is 10.1 Å². The minimum Gasteiger partial charge on any atom is -0.493 e. The minimum atomic E-state index is -0.531. The van der Waals surface area contributed by atoms with E-state index in [0.29, 0.717) is 17.1 Å². The van der Waals surface area contributed by atoms with Gasteiger partial charge in [-0.25, -0.2) is 0 Å². The van der Waals surface area contributed by atoms with Crippen LogP contribution in [0.3, 0.4) is 0 Å². The van der Waals surface area contributed by atoms with Crippen molar-refractivity contribution in [1.82, 2.24) is 0 Å². The molecule has 2 rings (SSSR count). The van der Waals surface area contributed by atoms with E-state index in [9.17, 15) is 10.1 Å². The summed E-state index contributed by atoms with van der Waals surface area (Å²) >= 11 is 0. The molecule has 0 bridgehead atoms. The van der Waals surface area contributed by atoms with Crippen LogP contribution in [0.5, 0.6) is 17.2 Å². The van der Waals surface area contributed by atoms with Crippen molar-refractivity contribution in [1.29, 1.82) is 0 Å². The topological polar surface area (TPSA) is 108 Å². The molecule has 0 amide bonds. The zero-order valence-electron chi connectivity index (χ0n) is 11.3. The van der Waals surface area contributed by atoms with Crippen LogP contribution in [0.1, 0.15) is 5.56 Å². The van der Waals surface area contributed by atoms with Gasteiger partial charge in [-0.15, -0.1) is 0 Å². The molecular formula is C14H14N2O5. The van der Waals surface area contributed by atoms with E-state index in [1.807, 2.05) is 0 Å². The maximum Gasteiger partial charge on any atom is 0.271 e. The van der Waals surface area contributed by atoms with E-state index in [-0.39, 0.29) is 23.7 Å². The van der Waals surface area contributed by atoms with E-state index in [1.54, 1.807) is 18.2 Å². The lowest BCUT2D eigenvalue weighted by Crippen LogP contribution is -1.97. The van der Waals surface area contributed by atoms with E-state index in [0.717, 1.165) is 0 Å². The molecule has 7 nitrogen and oxygen atoms in total. The van der Waals surface area contributed by atoms with Gasteiger partial charge in [0, 0.05) is 12.1 Å². The maximum atomic E-state index is 10.7. The first-order chi connectivity index (χ1) is 10.0. The molecule has 0 saturated heterocycles. The van der Waals surface area contributed by atoms with Gasteiger partial charge < -0.3 is 20.3 Å². The van der Waals surface area contributed by atoms with Gasteiger partial charge in [0.05, 0.1) is 24.3 Å². The monoisotopic (exact) mass is 290 g/mol. The molecule has 0 fully saturated rings. The molecular weight excluding hydrogens is 276 g/mol. The van der Waals surface area contributed by atoms with E-state index in [2.05, 4.69) is 0 Å². The fourth-order valence-electron chi connectivity index (χ4n) is 1.76. The molecule has 0 heterocycles. The largest absolute Gasteiger partial charge is 0.493 e. The van der Waals surface area contributed by atoms with Crippen molar-refractivity contribution in [2.24, 2.45) is 0 Å². The van der Waals surface area contributed by atoms with Gasteiger partial charge in [-0.05, 0) is 23.8 Å². The predicted octanol–water partition coefficient (Wildman–Crippen LogP) is 2.47. The summed E-state index contributed by atoms with van der Waals surface area (Å²) in [4.78, 5) is 10.1. The second-order valence-electron chi connectivity index (χ2n) is 4.22. The molecule has 3 N–H and O–H groups in total. The SMILES string of the molecule is COc1cc(CO)ccc1Oc1ccc([N+](=O)[O-])cc1N. The van der Waals surface area contributed by atoms with Gasteiger partial charge in [-0.1, -0.05) is 6.07 Å². The van der Waals surface area contributed by atoms with Crippen LogP contribution in [0.2, 0.25) is 0 Å². The summed E-state index contributed by atoms with van der Waals surface area (Å²) in [7, 11) is 1.47. The zero-order valence-corrected chi connectivity index (χ0v) is 11.3. The molecule has 0 aromatic heterocycles. The third-order valence-electron chi connectivity index (χ3n) is 2.83. The van der Waals surface area contributed by atoms with Crippen molar-refractivity contribution in [3.63, 3.8) is 0 Å². The van der Waals surface area contributed by atoms with Crippen molar-refractivity contribution in [3.8, 4) is 17.2 Å². The molecule has 0 unspecified atom stereocenters. The number of aliphatic hydroxyl groups excluding tert-OH is 1. The summed E-state index contributed by atoms with van der Waals surface area (Å²) in [6, 6.07) is 8.90. The lowest BCUT2D eigenvalue weighted by Gasteiger charge is -2.12. The Morgan fingerprint density at radius 1 is 1.19 bits per heavy atom. The summed E-state index contributed by atoms with van der Waals surface area (Å²) < 4.78 is 10.8. The smallest absolute Gasteiger partial charge is 0.271 e. The molecule has 0 radical (unpaired) electrons. The lowest BCUT2D eigenvalue weighted by molar-refractivity contribution is -0.384. The number of nitrogen functional groups attached to an aromatic ring is 1. The fourth-order valence-corrected chi connectivity index (χ4v) is 1.76. The van der Waals surface area contributed by atoms with Crippen LogP contribution in [0.15, 0.2) is 36.4 Å². The van der Waals surface area contributed by atoms with Gasteiger partial charge in [0.1, 0.15) is 0 Å². The standard InChI is InChI=1S/C14H14N2O5/c1-20-14-6-9(8-17)2-4-13(14)21-12-5-3-10(16(18)19)7-11(12)15/h2-7,17H,8,15H2,1H3. The maximum absolute atomic E-state index is 10.7. The van der Waals surface area contributed by atoms with Crippen LogP contribution in [-0.4, -0.2) is 17.1 Å². The Labute approximate surface area is 120 Å². The molecule has 0 saturated carbocycles. The third-order valence-corrected chi connectivity index (χ3v) is 2.83. The average Bonchev–Trinajstić information content (AvgIpc) is 2.49. The highest BCUT2D eigenvalue weighted by atomic mass is 16.6. The fraction of sp³-hybridized carbons (Fsp3) is 0.143. The average molecular weight is 290 g/mol. The summed E-state index contributed by atoms with van der Waals surface area (Å²) in [6.45, 7) is -0.115. The molecule has 2 aromatic carbocycles. The summed E-state index contributed by atoms with van der Waals surface area (Å²) in [6.07, 6.45) is 0. The van der Waals surface area contributed by atoms with Gasteiger partial charge in [-0.2, -0.15) is 0 Å². The van der Waals surface area contributed by atoms with E-state index in [1.165, 1.54) is 25.3 Å². The van der Waals surface area contributed by atoms with E-state index < -0.39 is 4.92 Å². The van der Waals surface area contributed by atoms with Crippen LogP contribution >= 0.6 is 0 Å². The molecule has 21 heavy (non-hydrogen) atoms. The number of non-ortho nitro benzene ring substituents is 1. The molecule has 0 atom stereocenters. The van der Waals surface area contributed by atoms with Crippen LogP contribution < -0.4 is 15.2 Å². The number of nitro benzene ring substituents is 1.